The zero-order chi connectivity index (χ0) is 11.5. The second kappa shape index (κ2) is 4.64. The summed E-state index contributed by atoms with van der Waals surface area (Å²) in [6.07, 6.45) is 2.05. The van der Waals surface area contributed by atoms with Gasteiger partial charge in [0.25, 0.3) is 0 Å². The average Bonchev–Trinajstić information content (AvgIpc) is 2.43. The maximum atomic E-state index is 11.7. The Bertz CT molecular complexity index is 261. The fourth-order valence-corrected chi connectivity index (χ4v) is 1.52. The minimum atomic E-state index is -0.487. The van der Waals surface area contributed by atoms with Gasteiger partial charge in [-0.15, -0.1) is 0 Å². The maximum Gasteiger partial charge on any atom is 0.416 e. The first-order valence-electron chi connectivity index (χ1n) is 5.48. The van der Waals surface area contributed by atoms with Gasteiger partial charge in [0.05, 0.1) is 6.61 Å². The molecule has 0 saturated carbocycles. The van der Waals surface area contributed by atoms with Gasteiger partial charge >= 0.3 is 6.09 Å². The molecular formula is C11H19NO3. The molecule has 0 atom stereocenters. The van der Waals surface area contributed by atoms with Crippen LogP contribution in [0.5, 0.6) is 0 Å². The Morgan fingerprint density at radius 3 is 2.67 bits per heavy atom. The number of hydrogen-bond donors (Lipinski definition) is 0. The molecule has 0 aromatic carbocycles. The van der Waals surface area contributed by atoms with Crippen LogP contribution in [-0.4, -0.2) is 30.1 Å². The molecule has 0 aromatic rings. The van der Waals surface area contributed by atoms with Crippen molar-refractivity contribution in [2.24, 2.45) is 5.41 Å². The minimum absolute atomic E-state index is 0.121. The van der Waals surface area contributed by atoms with Crippen LogP contribution >= 0.6 is 0 Å². The van der Waals surface area contributed by atoms with Crippen molar-refractivity contribution in [3.05, 3.63) is 0 Å². The summed E-state index contributed by atoms with van der Waals surface area (Å²) in [5, 5.41) is 0. The lowest BCUT2D eigenvalue weighted by molar-refractivity contribution is -0.133. The summed E-state index contributed by atoms with van der Waals surface area (Å²) in [6, 6.07) is 0. The molecule has 0 unspecified atom stereocenters. The smallest absolute Gasteiger partial charge is 0.416 e. The predicted octanol–water partition coefficient (Wildman–Crippen LogP) is 2.18. The highest BCUT2D eigenvalue weighted by Crippen LogP contribution is 2.30. The number of likely N-dealkylation sites (tertiary alicyclic amines) is 1. The number of amides is 2. The number of unbranched alkanes of at least 4 members (excludes halogenated alkanes) is 1. The van der Waals surface area contributed by atoms with E-state index in [4.69, 9.17) is 4.74 Å². The molecule has 1 aliphatic heterocycles. The van der Waals surface area contributed by atoms with Gasteiger partial charge in [0, 0.05) is 12.0 Å². The molecule has 0 bridgehead atoms. The first kappa shape index (κ1) is 12.0. The van der Waals surface area contributed by atoms with Gasteiger partial charge < -0.3 is 4.74 Å². The van der Waals surface area contributed by atoms with Crippen molar-refractivity contribution in [2.45, 2.75) is 40.0 Å². The van der Waals surface area contributed by atoms with Gasteiger partial charge in [-0.1, -0.05) is 27.2 Å². The SMILES string of the molecule is CCCCOC(=O)N1CCC(C)(C)C1=O. The monoisotopic (exact) mass is 213 g/mol. The Morgan fingerprint density at radius 1 is 1.53 bits per heavy atom. The summed E-state index contributed by atoms with van der Waals surface area (Å²) in [4.78, 5) is 24.4. The summed E-state index contributed by atoms with van der Waals surface area (Å²) < 4.78 is 5.00. The van der Waals surface area contributed by atoms with Crippen molar-refractivity contribution in [3.8, 4) is 0 Å². The van der Waals surface area contributed by atoms with Crippen molar-refractivity contribution in [3.63, 3.8) is 0 Å². The van der Waals surface area contributed by atoms with Crippen LogP contribution < -0.4 is 0 Å². The van der Waals surface area contributed by atoms with E-state index in [1.807, 2.05) is 20.8 Å². The lowest BCUT2D eigenvalue weighted by Gasteiger charge is -2.17. The van der Waals surface area contributed by atoms with E-state index in [1.165, 1.54) is 4.90 Å². The van der Waals surface area contributed by atoms with E-state index >= 15 is 0 Å². The second-order valence-electron chi connectivity index (χ2n) is 4.56. The largest absolute Gasteiger partial charge is 0.449 e. The molecule has 0 radical (unpaired) electrons. The lowest BCUT2D eigenvalue weighted by Crippen LogP contribution is -2.36. The van der Waals surface area contributed by atoms with Gasteiger partial charge in [-0.05, 0) is 12.8 Å². The van der Waals surface area contributed by atoms with E-state index in [2.05, 4.69) is 0 Å². The fourth-order valence-electron chi connectivity index (χ4n) is 1.52. The summed E-state index contributed by atoms with van der Waals surface area (Å²) >= 11 is 0. The molecule has 4 nitrogen and oxygen atoms in total. The fraction of sp³-hybridized carbons (Fsp3) is 0.818. The molecular weight excluding hydrogens is 194 g/mol. The number of carbonyl (C=O) groups is 2. The Labute approximate surface area is 90.6 Å². The van der Waals surface area contributed by atoms with Gasteiger partial charge in [0.2, 0.25) is 5.91 Å². The van der Waals surface area contributed by atoms with Gasteiger partial charge in [0.15, 0.2) is 0 Å². The van der Waals surface area contributed by atoms with Gasteiger partial charge in [-0.3, -0.25) is 4.79 Å². The van der Waals surface area contributed by atoms with E-state index in [9.17, 15) is 9.59 Å². The highest BCUT2D eigenvalue weighted by atomic mass is 16.6. The van der Waals surface area contributed by atoms with Gasteiger partial charge in [-0.25, -0.2) is 9.69 Å². The summed E-state index contributed by atoms with van der Waals surface area (Å²) in [7, 11) is 0. The molecule has 0 spiro atoms. The molecule has 1 saturated heterocycles. The molecule has 1 rings (SSSR count). The summed E-state index contributed by atoms with van der Waals surface area (Å²) in [5.41, 5.74) is -0.413. The third kappa shape index (κ3) is 2.70. The first-order chi connectivity index (χ1) is 6.99. The molecule has 1 heterocycles. The Kier molecular flexibility index (Phi) is 3.72. The molecule has 1 fully saturated rings. The molecule has 0 aliphatic carbocycles. The Morgan fingerprint density at radius 2 is 2.20 bits per heavy atom. The number of hydrogen-bond acceptors (Lipinski definition) is 3. The summed E-state index contributed by atoms with van der Waals surface area (Å²) in [6.45, 7) is 6.62. The minimum Gasteiger partial charge on any atom is -0.449 e. The molecule has 4 heteroatoms. The Hall–Kier alpha value is -1.06. The van der Waals surface area contributed by atoms with Crippen LogP contribution in [0.15, 0.2) is 0 Å². The maximum absolute atomic E-state index is 11.7. The van der Waals surface area contributed by atoms with Crippen LogP contribution in [-0.2, 0) is 9.53 Å². The predicted molar refractivity (Wildman–Crippen MR) is 56.4 cm³/mol. The van der Waals surface area contributed by atoms with Gasteiger partial charge in [-0.2, -0.15) is 0 Å². The molecule has 15 heavy (non-hydrogen) atoms. The highest BCUT2D eigenvalue weighted by Gasteiger charge is 2.42. The lowest BCUT2D eigenvalue weighted by atomic mass is 9.92. The third-order valence-corrected chi connectivity index (χ3v) is 2.73. The van der Waals surface area contributed by atoms with E-state index in [-0.39, 0.29) is 5.91 Å². The van der Waals surface area contributed by atoms with Crippen molar-refractivity contribution < 1.29 is 14.3 Å². The van der Waals surface area contributed by atoms with Crippen LogP contribution in [0.25, 0.3) is 0 Å². The highest BCUT2D eigenvalue weighted by molar-refractivity contribution is 5.96. The van der Waals surface area contributed by atoms with Crippen LogP contribution in [0.3, 0.4) is 0 Å². The van der Waals surface area contributed by atoms with Gasteiger partial charge in [0.1, 0.15) is 0 Å². The molecule has 0 aromatic heterocycles. The number of rotatable bonds is 3. The van der Waals surface area contributed by atoms with Crippen LogP contribution in [0, 0.1) is 5.41 Å². The van der Waals surface area contributed by atoms with Crippen molar-refractivity contribution in [2.75, 3.05) is 13.2 Å². The van der Waals surface area contributed by atoms with Crippen LogP contribution in [0.2, 0.25) is 0 Å². The second-order valence-corrected chi connectivity index (χ2v) is 4.56. The van der Waals surface area contributed by atoms with Crippen LogP contribution in [0.4, 0.5) is 4.79 Å². The standard InChI is InChI=1S/C11H19NO3/c1-4-5-8-15-10(14)12-7-6-11(2,3)9(12)13/h4-8H2,1-3H3. The first-order valence-corrected chi connectivity index (χ1v) is 5.48. The quantitative estimate of drug-likeness (QED) is 0.675. The number of imide groups is 1. The summed E-state index contributed by atoms with van der Waals surface area (Å²) in [5.74, 6) is -0.121. The van der Waals surface area contributed by atoms with E-state index in [0.29, 0.717) is 19.6 Å². The van der Waals surface area contributed by atoms with Crippen molar-refractivity contribution in [1.29, 1.82) is 0 Å². The van der Waals surface area contributed by atoms with Crippen molar-refractivity contribution >= 4 is 12.0 Å². The van der Waals surface area contributed by atoms with E-state index < -0.39 is 11.5 Å². The topological polar surface area (TPSA) is 46.6 Å². The van der Waals surface area contributed by atoms with Crippen LogP contribution in [0.1, 0.15) is 40.0 Å². The molecule has 1 aliphatic rings. The number of carbonyl (C=O) groups excluding carboxylic acids is 2. The molecule has 2 amide bonds. The molecule has 86 valence electrons. The zero-order valence-corrected chi connectivity index (χ0v) is 9.71. The molecule has 0 N–H and O–H groups in total. The van der Waals surface area contributed by atoms with Crippen molar-refractivity contribution in [1.82, 2.24) is 4.90 Å². The Balaban J connectivity index is 2.45. The normalized spacial score (nSPS) is 19.4. The van der Waals surface area contributed by atoms with E-state index in [0.717, 1.165) is 12.8 Å². The number of nitrogens with zero attached hydrogens (tertiary/aromatic N) is 1. The number of ether oxygens (including phenoxy) is 1. The van der Waals surface area contributed by atoms with E-state index in [1.54, 1.807) is 0 Å². The average molecular weight is 213 g/mol. The third-order valence-electron chi connectivity index (χ3n) is 2.73. The zero-order valence-electron chi connectivity index (χ0n) is 9.71.